The first-order valence-corrected chi connectivity index (χ1v) is 10.0. The second-order valence-electron chi connectivity index (χ2n) is 7.18. The molecule has 4 nitrogen and oxygen atoms in total. The number of aromatic nitrogens is 2. The average molecular weight is 374 g/mol. The van der Waals surface area contributed by atoms with Gasteiger partial charge in [0, 0.05) is 29.7 Å². The first-order valence-electron chi connectivity index (χ1n) is 10.0. The van der Waals surface area contributed by atoms with Crippen LogP contribution >= 0.6 is 0 Å². The maximum Gasteiger partial charge on any atom is 0.162 e. The molecule has 3 aromatic rings. The Hall–Kier alpha value is -2.88. The van der Waals surface area contributed by atoms with Gasteiger partial charge in [-0.3, -0.25) is 9.97 Å². The van der Waals surface area contributed by atoms with E-state index < -0.39 is 0 Å². The van der Waals surface area contributed by atoms with Crippen LogP contribution in [0.4, 0.5) is 0 Å². The van der Waals surface area contributed by atoms with Crippen molar-refractivity contribution in [2.75, 3.05) is 7.11 Å². The highest BCUT2D eigenvalue weighted by atomic mass is 16.5. The molecule has 0 aliphatic heterocycles. The van der Waals surface area contributed by atoms with Crippen molar-refractivity contribution < 1.29 is 9.47 Å². The van der Waals surface area contributed by atoms with E-state index in [1.165, 1.54) is 18.4 Å². The first-order chi connectivity index (χ1) is 13.8. The molecule has 1 fully saturated rings. The molecule has 4 rings (SSSR count). The van der Waals surface area contributed by atoms with Crippen molar-refractivity contribution in [3.63, 3.8) is 0 Å². The number of hydrogen-bond acceptors (Lipinski definition) is 4. The van der Waals surface area contributed by atoms with E-state index in [0.29, 0.717) is 0 Å². The van der Waals surface area contributed by atoms with Crippen LogP contribution in [0.5, 0.6) is 11.5 Å². The van der Waals surface area contributed by atoms with Crippen molar-refractivity contribution in [1.29, 1.82) is 0 Å². The Morgan fingerprint density at radius 3 is 2.50 bits per heavy atom. The van der Waals surface area contributed by atoms with Crippen LogP contribution in [0, 0.1) is 0 Å². The number of methoxy groups -OCH3 is 1. The first kappa shape index (κ1) is 18.5. The molecule has 0 spiro atoms. The number of rotatable bonds is 6. The molecule has 2 aromatic heterocycles. The fourth-order valence-electron chi connectivity index (χ4n) is 3.92. The molecule has 0 bridgehead atoms. The van der Waals surface area contributed by atoms with Gasteiger partial charge in [0.1, 0.15) is 0 Å². The van der Waals surface area contributed by atoms with Crippen LogP contribution in [-0.4, -0.2) is 23.2 Å². The van der Waals surface area contributed by atoms with Crippen LogP contribution in [0.2, 0.25) is 0 Å². The van der Waals surface area contributed by atoms with E-state index >= 15 is 0 Å². The fraction of sp³-hybridized carbons (Fsp3) is 0.333. The molecule has 0 saturated heterocycles. The molecule has 0 atom stereocenters. The quantitative estimate of drug-likeness (QED) is 0.555. The SMILES string of the molecule is CCc1cccnc1-c1cc(OC2CCCC2)c(OC)cc1-c1cccnc1. The zero-order chi connectivity index (χ0) is 19.3. The van der Waals surface area contributed by atoms with Crippen molar-refractivity contribution in [3.8, 4) is 33.9 Å². The molecule has 0 N–H and O–H groups in total. The average Bonchev–Trinajstić information content (AvgIpc) is 3.27. The van der Waals surface area contributed by atoms with E-state index in [1.807, 2.05) is 24.5 Å². The number of ether oxygens (including phenoxy) is 2. The highest BCUT2D eigenvalue weighted by Crippen LogP contribution is 2.42. The smallest absolute Gasteiger partial charge is 0.162 e. The number of hydrogen-bond donors (Lipinski definition) is 0. The third-order valence-corrected chi connectivity index (χ3v) is 5.40. The monoisotopic (exact) mass is 374 g/mol. The lowest BCUT2D eigenvalue weighted by Gasteiger charge is -2.20. The van der Waals surface area contributed by atoms with E-state index in [0.717, 1.165) is 53.1 Å². The Morgan fingerprint density at radius 1 is 1.00 bits per heavy atom. The van der Waals surface area contributed by atoms with E-state index in [4.69, 9.17) is 14.5 Å². The molecule has 4 heteroatoms. The fourth-order valence-corrected chi connectivity index (χ4v) is 3.92. The maximum atomic E-state index is 6.36. The minimum Gasteiger partial charge on any atom is -0.493 e. The Labute approximate surface area is 166 Å². The van der Waals surface area contributed by atoms with E-state index in [2.05, 4.69) is 36.2 Å². The van der Waals surface area contributed by atoms with Gasteiger partial charge in [-0.25, -0.2) is 0 Å². The van der Waals surface area contributed by atoms with E-state index in [1.54, 1.807) is 13.3 Å². The predicted octanol–water partition coefficient (Wildman–Crippen LogP) is 5.70. The van der Waals surface area contributed by atoms with Gasteiger partial charge in [0.2, 0.25) is 0 Å². The minimum absolute atomic E-state index is 0.264. The predicted molar refractivity (Wildman–Crippen MR) is 112 cm³/mol. The Balaban J connectivity index is 1.89. The summed E-state index contributed by atoms with van der Waals surface area (Å²) >= 11 is 0. The number of pyridine rings is 2. The van der Waals surface area contributed by atoms with Gasteiger partial charge in [-0.1, -0.05) is 19.1 Å². The summed E-state index contributed by atoms with van der Waals surface area (Å²) in [6, 6.07) is 12.3. The van der Waals surface area contributed by atoms with Crippen molar-refractivity contribution in [2.45, 2.75) is 45.1 Å². The molecule has 1 aliphatic carbocycles. The van der Waals surface area contributed by atoms with E-state index in [9.17, 15) is 0 Å². The van der Waals surface area contributed by atoms with Crippen LogP contribution in [-0.2, 0) is 6.42 Å². The third-order valence-electron chi connectivity index (χ3n) is 5.40. The highest BCUT2D eigenvalue weighted by molar-refractivity contribution is 5.85. The minimum atomic E-state index is 0.264. The Morgan fingerprint density at radius 2 is 1.79 bits per heavy atom. The summed E-state index contributed by atoms with van der Waals surface area (Å²) in [4.78, 5) is 9.02. The zero-order valence-electron chi connectivity index (χ0n) is 16.5. The summed E-state index contributed by atoms with van der Waals surface area (Å²) < 4.78 is 12.1. The van der Waals surface area contributed by atoms with E-state index in [-0.39, 0.29) is 6.10 Å². The largest absolute Gasteiger partial charge is 0.493 e. The summed E-state index contributed by atoms with van der Waals surface area (Å²) in [5.41, 5.74) is 5.35. The van der Waals surface area contributed by atoms with Crippen LogP contribution in [0.1, 0.15) is 38.2 Å². The normalized spacial score (nSPS) is 14.2. The van der Waals surface area contributed by atoms with Gasteiger partial charge in [-0.15, -0.1) is 0 Å². The molecule has 144 valence electrons. The summed E-state index contributed by atoms with van der Waals surface area (Å²) in [5.74, 6) is 1.55. The van der Waals surface area contributed by atoms with Gasteiger partial charge in [-0.2, -0.15) is 0 Å². The molecular formula is C24H26N2O2. The standard InChI is InChI=1S/C24H26N2O2/c1-3-17-8-7-13-26-24(17)21-15-23(28-19-10-4-5-11-19)22(27-2)14-20(21)18-9-6-12-25-16-18/h6-9,12-16,19H,3-5,10-11H2,1-2H3. The summed E-state index contributed by atoms with van der Waals surface area (Å²) in [6.45, 7) is 2.16. The molecule has 1 aromatic carbocycles. The third kappa shape index (κ3) is 3.72. The van der Waals surface area contributed by atoms with Crippen LogP contribution in [0.3, 0.4) is 0 Å². The lowest BCUT2D eigenvalue weighted by atomic mass is 9.94. The van der Waals surface area contributed by atoms with Crippen LogP contribution in [0.15, 0.2) is 55.0 Å². The van der Waals surface area contributed by atoms with Gasteiger partial charge in [0.25, 0.3) is 0 Å². The molecule has 2 heterocycles. The maximum absolute atomic E-state index is 6.36. The zero-order valence-corrected chi connectivity index (χ0v) is 16.5. The van der Waals surface area contributed by atoms with Gasteiger partial charge in [0.15, 0.2) is 11.5 Å². The highest BCUT2D eigenvalue weighted by Gasteiger charge is 2.22. The van der Waals surface area contributed by atoms with Crippen molar-refractivity contribution >= 4 is 0 Å². The van der Waals surface area contributed by atoms with Crippen molar-refractivity contribution in [2.24, 2.45) is 0 Å². The van der Waals surface area contributed by atoms with Crippen molar-refractivity contribution in [3.05, 3.63) is 60.6 Å². The molecule has 0 unspecified atom stereocenters. The van der Waals surface area contributed by atoms with Crippen LogP contribution < -0.4 is 9.47 Å². The Bertz CT molecular complexity index is 935. The van der Waals surface area contributed by atoms with Gasteiger partial charge < -0.3 is 9.47 Å². The second kappa shape index (κ2) is 8.42. The summed E-state index contributed by atoms with van der Waals surface area (Å²) in [7, 11) is 1.70. The number of aryl methyl sites for hydroxylation is 1. The molecule has 0 amide bonds. The number of benzene rings is 1. The van der Waals surface area contributed by atoms with Gasteiger partial charge >= 0.3 is 0 Å². The molecular weight excluding hydrogens is 348 g/mol. The topological polar surface area (TPSA) is 44.2 Å². The van der Waals surface area contributed by atoms with Gasteiger partial charge in [0.05, 0.1) is 18.9 Å². The van der Waals surface area contributed by atoms with Gasteiger partial charge in [-0.05, 0) is 67.5 Å². The molecule has 0 radical (unpaired) electrons. The summed E-state index contributed by atoms with van der Waals surface area (Å²) in [6.07, 6.45) is 11.4. The lowest BCUT2D eigenvalue weighted by molar-refractivity contribution is 0.201. The molecule has 28 heavy (non-hydrogen) atoms. The Kier molecular flexibility index (Phi) is 5.56. The number of nitrogens with zero attached hydrogens (tertiary/aromatic N) is 2. The molecule has 1 saturated carbocycles. The summed E-state index contributed by atoms with van der Waals surface area (Å²) in [5, 5.41) is 0. The molecule has 1 aliphatic rings. The van der Waals surface area contributed by atoms with Crippen LogP contribution in [0.25, 0.3) is 22.4 Å². The second-order valence-corrected chi connectivity index (χ2v) is 7.18. The van der Waals surface area contributed by atoms with Crippen molar-refractivity contribution in [1.82, 2.24) is 9.97 Å². The lowest BCUT2D eigenvalue weighted by Crippen LogP contribution is -2.12.